The van der Waals surface area contributed by atoms with Crippen LogP contribution in [0.4, 0.5) is 0 Å². The first-order valence-electron chi connectivity index (χ1n) is 5.37. The second-order valence-corrected chi connectivity index (χ2v) is 4.59. The largest absolute Gasteiger partial charge is 0.493 e. The third-order valence-electron chi connectivity index (χ3n) is 2.36. The van der Waals surface area contributed by atoms with Gasteiger partial charge in [0, 0.05) is 11.8 Å². The number of carbonyl (C=O) groups is 1. The van der Waals surface area contributed by atoms with Crippen molar-refractivity contribution in [1.29, 1.82) is 0 Å². The Hall–Kier alpha value is -1.68. The number of para-hydroxylation sites is 1. The molecule has 0 N–H and O–H groups in total. The van der Waals surface area contributed by atoms with Crippen LogP contribution in [0.2, 0.25) is 0 Å². The van der Waals surface area contributed by atoms with Crippen molar-refractivity contribution < 1.29 is 9.53 Å². The van der Waals surface area contributed by atoms with Gasteiger partial charge in [0.1, 0.15) is 11.4 Å². The van der Waals surface area contributed by atoms with Crippen molar-refractivity contribution in [1.82, 2.24) is 4.98 Å². The number of carbonyl (C=O) groups excluding carboxylic acids is 1. The fraction of sp³-hybridized carbons (Fsp3) is 0.231. The SMILES string of the molecule is Cc1ccccc1OCCc1nc(C=O)cs1. The summed E-state index contributed by atoms with van der Waals surface area (Å²) in [5, 5.41) is 2.69. The summed E-state index contributed by atoms with van der Waals surface area (Å²) in [5.74, 6) is 0.902. The minimum atomic E-state index is 0.501. The van der Waals surface area contributed by atoms with Gasteiger partial charge in [0.05, 0.1) is 11.6 Å². The van der Waals surface area contributed by atoms with Crippen LogP contribution < -0.4 is 4.74 Å². The molecule has 0 aliphatic heterocycles. The lowest BCUT2D eigenvalue weighted by Gasteiger charge is -2.07. The normalized spacial score (nSPS) is 10.2. The van der Waals surface area contributed by atoms with Crippen LogP contribution in [0, 0.1) is 6.92 Å². The number of aldehydes is 1. The summed E-state index contributed by atoms with van der Waals surface area (Å²) < 4.78 is 5.66. The third kappa shape index (κ3) is 3.14. The van der Waals surface area contributed by atoms with Gasteiger partial charge in [-0.05, 0) is 18.6 Å². The summed E-state index contributed by atoms with van der Waals surface area (Å²) in [6.07, 6.45) is 1.50. The molecule has 0 saturated carbocycles. The van der Waals surface area contributed by atoms with Crippen LogP contribution in [0.3, 0.4) is 0 Å². The molecule has 1 aromatic carbocycles. The standard InChI is InChI=1S/C13H13NO2S/c1-10-4-2-3-5-12(10)16-7-6-13-14-11(8-15)9-17-13/h2-5,8-9H,6-7H2,1H3. The molecule has 2 aromatic rings. The van der Waals surface area contributed by atoms with E-state index in [9.17, 15) is 4.79 Å². The Kier molecular flexibility index (Phi) is 3.88. The summed E-state index contributed by atoms with van der Waals surface area (Å²) in [6.45, 7) is 2.60. The van der Waals surface area contributed by atoms with Crippen molar-refractivity contribution in [3.05, 3.63) is 45.9 Å². The van der Waals surface area contributed by atoms with Crippen molar-refractivity contribution in [2.24, 2.45) is 0 Å². The van der Waals surface area contributed by atoms with Crippen molar-refractivity contribution in [2.75, 3.05) is 6.61 Å². The van der Waals surface area contributed by atoms with E-state index in [0.717, 1.165) is 29.0 Å². The van der Waals surface area contributed by atoms with E-state index in [1.807, 2.05) is 31.2 Å². The molecule has 88 valence electrons. The summed E-state index contributed by atoms with van der Waals surface area (Å²) in [4.78, 5) is 14.6. The van der Waals surface area contributed by atoms with Gasteiger partial charge < -0.3 is 4.74 Å². The van der Waals surface area contributed by atoms with E-state index in [1.165, 1.54) is 11.3 Å². The molecule has 0 spiro atoms. The number of aromatic nitrogens is 1. The fourth-order valence-electron chi connectivity index (χ4n) is 1.46. The molecule has 0 radical (unpaired) electrons. The molecule has 0 bridgehead atoms. The van der Waals surface area contributed by atoms with E-state index in [2.05, 4.69) is 4.98 Å². The van der Waals surface area contributed by atoms with Crippen LogP contribution in [-0.4, -0.2) is 17.9 Å². The predicted octanol–water partition coefficient (Wildman–Crippen LogP) is 2.89. The Balaban J connectivity index is 1.87. The highest BCUT2D eigenvalue weighted by Crippen LogP contribution is 2.17. The Morgan fingerprint density at radius 2 is 2.24 bits per heavy atom. The highest BCUT2D eigenvalue weighted by atomic mass is 32.1. The number of hydrogen-bond acceptors (Lipinski definition) is 4. The van der Waals surface area contributed by atoms with Crippen LogP contribution in [0.15, 0.2) is 29.6 Å². The molecule has 4 heteroatoms. The van der Waals surface area contributed by atoms with Gasteiger partial charge >= 0.3 is 0 Å². The zero-order chi connectivity index (χ0) is 12.1. The first kappa shape index (κ1) is 11.8. The minimum absolute atomic E-state index is 0.501. The molecular formula is C13H13NO2S. The Morgan fingerprint density at radius 3 is 2.94 bits per heavy atom. The van der Waals surface area contributed by atoms with E-state index in [0.29, 0.717) is 12.3 Å². The molecule has 1 aromatic heterocycles. The van der Waals surface area contributed by atoms with Gasteiger partial charge in [-0.25, -0.2) is 4.98 Å². The lowest BCUT2D eigenvalue weighted by Crippen LogP contribution is -2.02. The van der Waals surface area contributed by atoms with E-state index in [4.69, 9.17) is 4.74 Å². The molecule has 0 atom stereocenters. The zero-order valence-electron chi connectivity index (χ0n) is 9.55. The average Bonchev–Trinajstić information content (AvgIpc) is 2.80. The zero-order valence-corrected chi connectivity index (χ0v) is 10.4. The molecule has 0 amide bonds. The summed E-state index contributed by atoms with van der Waals surface area (Å²) in [5.41, 5.74) is 1.63. The topological polar surface area (TPSA) is 39.2 Å². The van der Waals surface area contributed by atoms with Crippen molar-refractivity contribution in [2.45, 2.75) is 13.3 Å². The predicted molar refractivity (Wildman–Crippen MR) is 67.9 cm³/mol. The number of benzene rings is 1. The van der Waals surface area contributed by atoms with Gasteiger partial charge in [-0.15, -0.1) is 11.3 Å². The van der Waals surface area contributed by atoms with Gasteiger partial charge in [0.15, 0.2) is 6.29 Å². The van der Waals surface area contributed by atoms with Gasteiger partial charge in [-0.1, -0.05) is 18.2 Å². The Morgan fingerprint density at radius 1 is 1.41 bits per heavy atom. The number of aryl methyl sites for hydroxylation is 1. The summed E-state index contributed by atoms with van der Waals surface area (Å²) in [7, 11) is 0. The van der Waals surface area contributed by atoms with Crippen LogP contribution in [0.5, 0.6) is 5.75 Å². The molecule has 0 aliphatic carbocycles. The second kappa shape index (κ2) is 5.59. The number of ether oxygens (including phenoxy) is 1. The quantitative estimate of drug-likeness (QED) is 0.763. The highest BCUT2D eigenvalue weighted by Gasteiger charge is 2.02. The van der Waals surface area contributed by atoms with E-state index in [-0.39, 0.29) is 0 Å². The molecule has 1 heterocycles. The molecule has 3 nitrogen and oxygen atoms in total. The summed E-state index contributed by atoms with van der Waals surface area (Å²) in [6, 6.07) is 7.91. The number of nitrogens with zero attached hydrogens (tertiary/aromatic N) is 1. The van der Waals surface area contributed by atoms with Crippen molar-refractivity contribution >= 4 is 17.6 Å². The first-order chi connectivity index (χ1) is 8.29. The minimum Gasteiger partial charge on any atom is -0.493 e. The lowest BCUT2D eigenvalue weighted by molar-refractivity contribution is 0.111. The molecule has 0 aliphatic rings. The van der Waals surface area contributed by atoms with E-state index < -0.39 is 0 Å². The van der Waals surface area contributed by atoms with Gasteiger partial charge in [-0.2, -0.15) is 0 Å². The maximum absolute atomic E-state index is 10.5. The highest BCUT2D eigenvalue weighted by molar-refractivity contribution is 7.09. The van der Waals surface area contributed by atoms with Crippen LogP contribution in [-0.2, 0) is 6.42 Å². The molecule has 2 rings (SSSR count). The van der Waals surface area contributed by atoms with Crippen LogP contribution in [0.25, 0.3) is 0 Å². The van der Waals surface area contributed by atoms with Gasteiger partial charge in [0.25, 0.3) is 0 Å². The second-order valence-electron chi connectivity index (χ2n) is 3.65. The smallest absolute Gasteiger partial charge is 0.169 e. The lowest BCUT2D eigenvalue weighted by atomic mass is 10.2. The maximum atomic E-state index is 10.5. The first-order valence-corrected chi connectivity index (χ1v) is 6.25. The molecule has 17 heavy (non-hydrogen) atoms. The van der Waals surface area contributed by atoms with Gasteiger partial charge in [-0.3, -0.25) is 4.79 Å². The average molecular weight is 247 g/mol. The van der Waals surface area contributed by atoms with Crippen molar-refractivity contribution in [3.63, 3.8) is 0 Å². The van der Waals surface area contributed by atoms with Crippen LogP contribution >= 0.6 is 11.3 Å². The van der Waals surface area contributed by atoms with E-state index >= 15 is 0 Å². The number of hydrogen-bond donors (Lipinski definition) is 0. The summed E-state index contributed by atoms with van der Waals surface area (Å²) >= 11 is 1.49. The van der Waals surface area contributed by atoms with E-state index in [1.54, 1.807) is 5.38 Å². The Labute approximate surface area is 104 Å². The monoisotopic (exact) mass is 247 g/mol. The third-order valence-corrected chi connectivity index (χ3v) is 3.28. The molecule has 0 fully saturated rings. The number of rotatable bonds is 5. The molecule has 0 saturated heterocycles. The van der Waals surface area contributed by atoms with Crippen molar-refractivity contribution in [3.8, 4) is 5.75 Å². The van der Waals surface area contributed by atoms with Crippen LogP contribution in [0.1, 0.15) is 21.1 Å². The Bertz CT molecular complexity index is 508. The van der Waals surface area contributed by atoms with Gasteiger partial charge in [0.2, 0.25) is 0 Å². The molecular weight excluding hydrogens is 234 g/mol. The number of thiazole rings is 1. The maximum Gasteiger partial charge on any atom is 0.169 e. The fourth-order valence-corrected chi connectivity index (χ4v) is 2.19. The molecule has 0 unspecified atom stereocenters.